The molecule has 1 heterocycles. The standard InChI is InChI=1S/C14H16ClN3OS2/c1-2-5-13-17-18-14(21-13)16-12(19)8-9-20-11-7-4-3-6-10(11)15/h3-4,6-7H,2,5,8-9H2,1H3,(H,16,18,19). The van der Waals surface area contributed by atoms with Crippen molar-refractivity contribution in [3.8, 4) is 0 Å². The van der Waals surface area contributed by atoms with Gasteiger partial charge >= 0.3 is 0 Å². The Hall–Kier alpha value is -1.11. The van der Waals surface area contributed by atoms with Gasteiger partial charge in [0.1, 0.15) is 5.01 Å². The molecule has 7 heteroatoms. The van der Waals surface area contributed by atoms with Crippen molar-refractivity contribution in [3.05, 3.63) is 34.3 Å². The molecular formula is C14H16ClN3OS2. The van der Waals surface area contributed by atoms with Gasteiger partial charge < -0.3 is 5.32 Å². The molecule has 0 aliphatic heterocycles. The van der Waals surface area contributed by atoms with Gasteiger partial charge in [0, 0.05) is 23.5 Å². The number of amides is 1. The largest absolute Gasteiger partial charge is 0.301 e. The van der Waals surface area contributed by atoms with E-state index >= 15 is 0 Å². The lowest BCUT2D eigenvalue weighted by Crippen LogP contribution is -2.11. The first-order chi connectivity index (χ1) is 10.2. The van der Waals surface area contributed by atoms with Crippen molar-refractivity contribution >= 4 is 45.7 Å². The summed E-state index contributed by atoms with van der Waals surface area (Å²) in [5.41, 5.74) is 0. The summed E-state index contributed by atoms with van der Waals surface area (Å²) in [6, 6.07) is 7.63. The summed E-state index contributed by atoms with van der Waals surface area (Å²) in [6.07, 6.45) is 2.34. The lowest BCUT2D eigenvalue weighted by atomic mass is 10.4. The van der Waals surface area contributed by atoms with Gasteiger partial charge in [-0.25, -0.2) is 0 Å². The Bertz CT molecular complexity index is 603. The molecule has 0 unspecified atom stereocenters. The van der Waals surface area contributed by atoms with Gasteiger partial charge in [0.2, 0.25) is 11.0 Å². The second-order valence-electron chi connectivity index (χ2n) is 4.33. The van der Waals surface area contributed by atoms with Crippen molar-refractivity contribution < 1.29 is 4.79 Å². The van der Waals surface area contributed by atoms with E-state index in [0.717, 1.165) is 27.8 Å². The zero-order valence-electron chi connectivity index (χ0n) is 11.6. The second kappa shape index (κ2) is 8.36. The first kappa shape index (κ1) is 16.3. The van der Waals surface area contributed by atoms with Gasteiger partial charge in [-0.1, -0.05) is 42.0 Å². The number of carbonyl (C=O) groups is 1. The van der Waals surface area contributed by atoms with Gasteiger partial charge in [0.25, 0.3) is 0 Å². The van der Waals surface area contributed by atoms with Crippen LogP contribution in [0.3, 0.4) is 0 Å². The van der Waals surface area contributed by atoms with Crippen LogP contribution in [0.4, 0.5) is 5.13 Å². The topological polar surface area (TPSA) is 54.9 Å². The van der Waals surface area contributed by atoms with Crippen LogP contribution in [-0.4, -0.2) is 21.9 Å². The van der Waals surface area contributed by atoms with Crippen molar-refractivity contribution in [1.82, 2.24) is 10.2 Å². The number of aryl methyl sites for hydroxylation is 1. The molecule has 21 heavy (non-hydrogen) atoms. The minimum Gasteiger partial charge on any atom is -0.301 e. The van der Waals surface area contributed by atoms with Crippen molar-refractivity contribution in [1.29, 1.82) is 0 Å². The Morgan fingerprint density at radius 1 is 1.38 bits per heavy atom. The van der Waals surface area contributed by atoms with E-state index in [9.17, 15) is 4.79 Å². The molecule has 2 rings (SSSR count). The molecule has 0 bridgehead atoms. The summed E-state index contributed by atoms with van der Waals surface area (Å²) < 4.78 is 0. The minimum atomic E-state index is -0.0475. The fraction of sp³-hybridized carbons (Fsp3) is 0.357. The van der Waals surface area contributed by atoms with Crippen LogP contribution in [0.15, 0.2) is 29.2 Å². The van der Waals surface area contributed by atoms with Gasteiger partial charge in [-0.05, 0) is 18.6 Å². The van der Waals surface area contributed by atoms with E-state index < -0.39 is 0 Å². The third kappa shape index (κ3) is 5.30. The van der Waals surface area contributed by atoms with E-state index in [-0.39, 0.29) is 5.91 Å². The van der Waals surface area contributed by atoms with Gasteiger partial charge in [0.15, 0.2) is 0 Å². The second-order valence-corrected chi connectivity index (χ2v) is 6.93. The van der Waals surface area contributed by atoms with Crippen LogP contribution >= 0.6 is 34.7 Å². The monoisotopic (exact) mass is 341 g/mol. The molecule has 0 aliphatic rings. The van der Waals surface area contributed by atoms with Gasteiger partial charge in [-0.2, -0.15) is 0 Å². The van der Waals surface area contributed by atoms with E-state index in [1.807, 2.05) is 24.3 Å². The van der Waals surface area contributed by atoms with Crippen LogP contribution < -0.4 is 5.32 Å². The van der Waals surface area contributed by atoms with Crippen LogP contribution in [0, 0.1) is 0 Å². The smallest absolute Gasteiger partial charge is 0.227 e. The Morgan fingerprint density at radius 3 is 2.95 bits per heavy atom. The van der Waals surface area contributed by atoms with Crippen LogP contribution in [0.2, 0.25) is 5.02 Å². The quantitative estimate of drug-likeness (QED) is 0.764. The molecule has 1 aromatic carbocycles. The van der Waals surface area contributed by atoms with E-state index in [2.05, 4.69) is 22.4 Å². The summed E-state index contributed by atoms with van der Waals surface area (Å²) in [5.74, 6) is 0.629. The number of rotatable bonds is 7. The zero-order valence-corrected chi connectivity index (χ0v) is 14.0. The number of thioether (sulfide) groups is 1. The van der Waals surface area contributed by atoms with Crippen molar-refractivity contribution in [3.63, 3.8) is 0 Å². The highest BCUT2D eigenvalue weighted by Crippen LogP contribution is 2.27. The Labute approximate surface area is 137 Å². The first-order valence-corrected chi connectivity index (χ1v) is 8.86. The molecular weight excluding hydrogens is 326 g/mol. The SMILES string of the molecule is CCCc1nnc(NC(=O)CCSc2ccccc2Cl)s1. The predicted octanol–water partition coefficient (Wildman–Crippen LogP) is 4.26. The lowest BCUT2D eigenvalue weighted by molar-refractivity contribution is -0.115. The van der Waals surface area contributed by atoms with E-state index in [1.54, 1.807) is 11.8 Å². The zero-order chi connectivity index (χ0) is 15.1. The van der Waals surface area contributed by atoms with Crippen LogP contribution in [0.1, 0.15) is 24.8 Å². The minimum absolute atomic E-state index is 0.0475. The van der Waals surface area contributed by atoms with E-state index in [1.165, 1.54) is 11.3 Å². The van der Waals surface area contributed by atoms with Crippen LogP contribution in [-0.2, 0) is 11.2 Å². The summed E-state index contributed by atoms with van der Waals surface area (Å²) >= 11 is 9.07. The van der Waals surface area contributed by atoms with E-state index in [0.29, 0.717) is 17.3 Å². The van der Waals surface area contributed by atoms with Crippen molar-refractivity contribution in [2.24, 2.45) is 0 Å². The molecule has 0 spiro atoms. The van der Waals surface area contributed by atoms with Crippen molar-refractivity contribution in [2.45, 2.75) is 31.1 Å². The van der Waals surface area contributed by atoms with E-state index in [4.69, 9.17) is 11.6 Å². The molecule has 4 nitrogen and oxygen atoms in total. The average molecular weight is 342 g/mol. The molecule has 0 saturated heterocycles. The molecule has 0 aliphatic carbocycles. The number of benzene rings is 1. The number of nitrogens with zero attached hydrogens (tertiary/aromatic N) is 2. The normalized spacial score (nSPS) is 10.6. The Morgan fingerprint density at radius 2 is 2.19 bits per heavy atom. The summed E-state index contributed by atoms with van der Waals surface area (Å²) in [6.45, 7) is 2.09. The first-order valence-electron chi connectivity index (χ1n) is 6.68. The highest BCUT2D eigenvalue weighted by atomic mass is 35.5. The summed E-state index contributed by atoms with van der Waals surface area (Å²) in [7, 11) is 0. The van der Waals surface area contributed by atoms with Crippen LogP contribution in [0.25, 0.3) is 0 Å². The molecule has 1 amide bonds. The van der Waals surface area contributed by atoms with Gasteiger partial charge in [0.05, 0.1) is 5.02 Å². The molecule has 0 fully saturated rings. The maximum absolute atomic E-state index is 11.8. The van der Waals surface area contributed by atoms with Crippen molar-refractivity contribution in [2.75, 3.05) is 11.1 Å². The highest BCUT2D eigenvalue weighted by molar-refractivity contribution is 7.99. The number of carbonyl (C=O) groups excluding carboxylic acids is 1. The van der Waals surface area contributed by atoms with Gasteiger partial charge in [-0.15, -0.1) is 22.0 Å². The average Bonchev–Trinajstić information content (AvgIpc) is 2.88. The maximum atomic E-state index is 11.8. The Kier molecular flexibility index (Phi) is 6.48. The third-order valence-corrected chi connectivity index (χ3v) is 5.02. The number of halogens is 1. The molecule has 1 N–H and O–H groups in total. The lowest BCUT2D eigenvalue weighted by Gasteiger charge is -2.03. The summed E-state index contributed by atoms with van der Waals surface area (Å²) in [5, 5.41) is 13.0. The fourth-order valence-electron chi connectivity index (χ4n) is 1.62. The summed E-state index contributed by atoms with van der Waals surface area (Å²) in [4.78, 5) is 12.8. The third-order valence-electron chi connectivity index (χ3n) is 2.60. The molecule has 0 saturated carbocycles. The predicted molar refractivity (Wildman–Crippen MR) is 89.3 cm³/mol. The highest BCUT2D eigenvalue weighted by Gasteiger charge is 2.08. The fourth-order valence-corrected chi connectivity index (χ4v) is 3.66. The number of hydrogen-bond donors (Lipinski definition) is 1. The van der Waals surface area contributed by atoms with Gasteiger partial charge in [-0.3, -0.25) is 4.79 Å². The number of anilines is 1. The molecule has 1 aromatic heterocycles. The number of nitrogens with one attached hydrogen (secondary N) is 1. The maximum Gasteiger partial charge on any atom is 0.227 e. The molecule has 0 radical (unpaired) electrons. The van der Waals surface area contributed by atoms with Crippen LogP contribution in [0.5, 0.6) is 0 Å². The molecule has 0 atom stereocenters. The molecule has 112 valence electrons. The molecule has 2 aromatic rings. The number of hydrogen-bond acceptors (Lipinski definition) is 5. The number of aromatic nitrogens is 2. The Balaban J connectivity index is 1.75.